The van der Waals surface area contributed by atoms with Crippen LogP contribution in [0, 0.1) is 6.92 Å². The van der Waals surface area contributed by atoms with Gasteiger partial charge in [0.1, 0.15) is 18.1 Å². The molecule has 0 atom stereocenters. The smallest absolute Gasteiger partial charge is 0.265 e. The molecule has 0 unspecified atom stereocenters. The Morgan fingerprint density at radius 2 is 2.11 bits per heavy atom. The molecule has 1 aromatic heterocycles. The Morgan fingerprint density at radius 3 is 2.78 bits per heavy atom. The minimum absolute atomic E-state index is 0.0221. The van der Waals surface area contributed by atoms with Gasteiger partial charge >= 0.3 is 0 Å². The number of imidazole rings is 1. The monoisotopic (exact) mass is 370 g/mol. The molecule has 144 valence electrons. The van der Waals surface area contributed by atoms with E-state index < -0.39 is 0 Å². The molecule has 27 heavy (non-hydrogen) atoms. The highest BCUT2D eigenvalue weighted by atomic mass is 16.5. The van der Waals surface area contributed by atoms with Crippen LogP contribution in [-0.2, 0) is 21.5 Å². The molecule has 0 saturated heterocycles. The molecule has 1 aromatic carbocycles. The lowest BCUT2D eigenvalue weighted by atomic mass is 9.86. The molecule has 0 bridgehead atoms. The fourth-order valence-electron chi connectivity index (χ4n) is 3.00. The maximum Gasteiger partial charge on any atom is 0.265 e. The Bertz CT molecular complexity index is 851. The van der Waals surface area contributed by atoms with Crippen LogP contribution in [0.3, 0.4) is 0 Å². The number of aryl methyl sites for hydroxylation is 1. The number of nitrogens with zero attached hydrogens (tertiary/aromatic N) is 3. The van der Waals surface area contributed by atoms with E-state index >= 15 is 0 Å². The van der Waals surface area contributed by atoms with Crippen molar-refractivity contribution in [1.29, 1.82) is 0 Å². The lowest BCUT2D eigenvalue weighted by molar-refractivity contribution is -0.125. The summed E-state index contributed by atoms with van der Waals surface area (Å²) in [7, 11) is 0. The number of ether oxygens (including phenoxy) is 1. The predicted molar refractivity (Wildman–Crippen MR) is 103 cm³/mol. The average molecular weight is 370 g/mol. The molecule has 7 nitrogen and oxygen atoms in total. The Balaban J connectivity index is 1.68. The van der Waals surface area contributed by atoms with E-state index in [1.54, 1.807) is 6.20 Å². The van der Waals surface area contributed by atoms with Crippen molar-refractivity contribution in [2.75, 3.05) is 24.6 Å². The second-order valence-corrected chi connectivity index (χ2v) is 7.72. The molecule has 1 N–H and O–H groups in total. The first kappa shape index (κ1) is 18.9. The van der Waals surface area contributed by atoms with Crippen molar-refractivity contribution in [3.8, 4) is 5.75 Å². The number of anilines is 1. The second kappa shape index (κ2) is 7.42. The van der Waals surface area contributed by atoms with E-state index in [4.69, 9.17) is 4.74 Å². The second-order valence-electron chi connectivity index (χ2n) is 7.72. The Labute approximate surface area is 159 Å². The number of hydrogen-bond acceptors (Lipinski definition) is 4. The van der Waals surface area contributed by atoms with Crippen molar-refractivity contribution >= 4 is 17.5 Å². The van der Waals surface area contributed by atoms with Gasteiger partial charge in [-0.15, -0.1) is 0 Å². The zero-order valence-electron chi connectivity index (χ0n) is 16.3. The Morgan fingerprint density at radius 1 is 1.33 bits per heavy atom. The van der Waals surface area contributed by atoms with Gasteiger partial charge in [0.25, 0.3) is 5.91 Å². The SMILES string of the molecule is Cc1nccn1CCNC(=O)CN1C(=O)COc2ccc(C(C)(C)C)cc21. The minimum atomic E-state index is -0.214. The van der Waals surface area contributed by atoms with Gasteiger partial charge in [0.15, 0.2) is 6.61 Å². The molecule has 0 spiro atoms. The number of carbonyl (C=O) groups excluding carboxylic acids is 2. The molecule has 2 amide bonds. The normalized spacial score (nSPS) is 13.9. The molecule has 0 saturated carbocycles. The van der Waals surface area contributed by atoms with Crippen LogP contribution >= 0.6 is 0 Å². The zero-order chi connectivity index (χ0) is 19.6. The standard InChI is InChI=1S/C20H26N4O3/c1-14-21-7-9-23(14)10-8-22-18(25)12-24-16-11-15(20(2,3)4)5-6-17(16)27-13-19(24)26/h5-7,9,11H,8,10,12-13H2,1-4H3,(H,22,25). The molecule has 1 aliphatic heterocycles. The maximum absolute atomic E-state index is 12.4. The van der Waals surface area contributed by atoms with Crippen molar-refractivity contribution in [1.82, 2.24) is 14.9 Å². The molecule has 3 rings (SSSR count). The summed E-state index contributed by atoms with van der Waals surface area (Å²) in [6, 6.07) is 5.81. The van der Waals surface area contributed by atoms with Gasteiger partial charge in [0.2, 0.25) is 5.91 Å². The van der Waals surface area contributed by atoms with Crippen LogP contribution in [0.25, 0.3) is 0 Å². The quantitative estimate of drug-likeness (QED) is 0.874. The highest BCUT2D eigenvalue weighted by molar-refractivity contribution is 6.02. The number of aromatic nitrogens is 2. The first-order chi connectivity index (χ1) is 12.8. The molecule has 0 radical (unpaired) electrons. The van der Waals surface area contributed by atoms with Crippen LogP contribution < -0.4 is 15.0 Å². The molecule has 2 aromatic rings. The van der Waals surface area contributed by atoms with Gasteiger partial charge in [0.05, 0.1) is 5.69 Å². The third-order valence-corrected chi connectivity index (χ3v) is 4.67. The van der Waals surface area contributed by atoms with E-state index in [1.165, 1.54) is 4.90 Å². The molecule has 1 aliphatic rings. The third kappa shape index (κ3) is 4.30. The molecule has 7 heteroatoms. The maximum atomic E-state index is 12.4. The number of rotatable bonds is 5. The fraction of sp³-hybridized carbons (Fsp3) is 0.450. The topological polar surface area (TPSA) is 76.5 Å². The largest absolute Gasteiger partial charge is 0.482 e. The first-order valence-electron chi connectivity index (χ1n) is 9.08. The highest BCUT2D eigenvalue weighted by Gasteiger charge is 2.28. The van der Waals surface area contributed by atoms with Gasteiger partial charge in [-0.2, -0.15) is 0 Å². The van der Waals surface area contributed by atoms with Crippen LogP contribution in [0.1, 0.15) is 32.2 Å². The number of amides is 2. The van der Waals surface area contributed by atoms with E-state index in [0.29, 0.717) is 24.5 Å². The summed E-state index contributed by atoms with van der Waals surface area (Å²) in [5.74, 6) is 1.12. The average Bonchev–Trinajstić information content (AvgIpc) is 3.01. The van der Waals surface area contributed by atoms with Gasteiger partial charge in [-0.25, -0.2) is 4.98 Å². The summed E-state index contributed by atoms with van der Waals surface area (Å²) in [6.07, 6.45) is 3.60. The summed E-state index contributed by atoms with van der Waals surface area (Å²) in [5.41, 5.74) is 1.67. The van der Waals surface area contributed by atoms with Crippen molar-refractivity contribution in [2.24, 2.45) is 0 Å². The highest BCUT2D eigenvalue weighted by Crippen LogP contribution is 2.36. The van der Waals surface area contributed by atoms with Crippen LogP contribution in [0.4, 0.5) is 5.69 Å². The fourth-order valence-corrected chi connectivity index (χ4v) is 3.00. The predicted octanol–water partition coefficient (Wildman–Crippen LogP) is 2.03. The first-order valence-corrected chi connectivity index (χ1v) is 9.08. The van der Waals surface area contributed by atoms with Crippen molar-refractivity contribution in [3.63, 3.8) is 0 Å². The van der Waals surface area contributed by atoms with Crippen molar-refractivity contribution in [2.45, 2.75) is 39.7 Å². The number of fused-ring (bicyclic) bond motifs is 1. The molecule has 2 heterocycles. The van der Waals surface area contributed by atoms with Crippen LogP contribution in [-0.4, -0.2) is 41.1 Å². The number of nitrogens with one attached hydrogen (secondary N) is 1. The van der Waals surface area contributed by atoms with Gasteiger partial charge in [-0.05, 0) is 30.0 Å². The Hall–Kier alpha value is -2.83. The number of benzene rings is 1. The van der Waals surface area contributed by atoms with Crippen molar-refractivity contribution in [3.05, 3.63) is 42.0 Å². The van der Waals surface area contributed by atoms with E-state index in [2.05, 4.69) is 31.1 Å². The molecular weight excluding hydrogens is 344 g/mol. The van der Waals surface area contributed by atoms with Gasteiger partial charge in [0, 0.05) is 25.5 Å². The molecular formula is C20H26N4O3. The van der Waals surface area contributed by atoms with E-state index in [1.807, 2.05) is 35.9 Å². The Kier molecular flexibility index (Phi) is 5.21. The number of carbonyl (C=O) groups is 2. The van der Waals surface area contributed by atoms with Gasteiger partial charge in [-0.3, -0.25) is 14.5 Å². The van der Waals surface area contributed by atoms with Crippen LogP contribution in [0.2, 0.25) is 0 Å². The van der Waals surface area contributed by atoms with E-state index in [9.17, 15) is 9.59 Å². The summed E-state index contributed by atoms with van der Waals surface area (Å²) in [6.45, 7) is 9.27. The summed E-state index contributed by atoms with van der Waals surface area (Å²) >= 11 is 0. The summed E-state index contributed by atoms with van der Waals surface area (Å²) in [4.78, 5) is 30.4. The van der Waals surface area contributed by atoms with Crippen LogP contribution in [0.15, 0.2) is 30.6 Å². The van der Waals surface area contributed by atoms with E-state index in [0.717, 1.165) is 11.4 Å². The van der Waals surface area contributed by atoms with Gasteiger partial charge in [-0.1, -0.05) is 26.8 Å². The lowest BCUT2D eigenvalue weighted by Gasteiger charge is -2.31. The molecule has 0 aliphatic carbocycles. The summed E-state index contributed by atoms with van der Waals surface area (Å²) < 4.78 is 7.49. The van der Waals surface area contributed by atoms with E-state index in [-0.39, 0.29) is 30.4 Å². The zero-order valence-corrected chi connectivity index (χ0v) is 16.3. The lowest BCUT2D eigenvalue weighted by Crippen LogP contribution is -2.45. The van der Waals surface area contributed by atoms with Crippen LogP contribution in [0.5, 0.6) is 5.75 Å². The van der Waals surface area contributed by atoms with Gasteiger partial charge < -0.3 is 14.6 Å². The number of hydrogen-bond donors (Lipinski definition) is 1. The minimum Gasteiger partial charge on any atom is -0.482 e. The molecule has 0 fully saturated rings. The van der Waals surface area contributed by atoms with Crippen molar-refractivity contribution < 1.29 is 14.3 Å². The summed E-state index contributed by atoms with van der Waals surface area (Å²) in [5, 5.41) is 2.87. The third-order valence-electron chi connectivity index (χ3n) is 4.67.